The minimum atomic E-state index is -0.269. The summed E-state index contributed by atoms with van der Waals surface area (Å²) < 4.78 is 19.2. The summed E-state index contributed by atoms with van der Waals surface area (Å²) in [5, 5.41) is 11.0. The first-order valence-electron chi connectivity index (χ1n) is 9.96. The van der Waals surface area contributed by atoms with E-state index < -0.39 is 0 Å². The monoisotopic (exact) mass is 380 g/mol. The van der Waals surface area contributed by atoms with Crippen LogP contribution < -0.4 is 0 Å². The molecule has 2 aliphatic rings. The van der Waals surface area contributed by atoms with Crippen molar-refractivity contribution in [1.29, 1.82) is 0 Å². The van der Waals surface area contributed by atoms with Gasteiger partial charge < -0.3 is 9.84 Å². The topological polar surface area (TPSA) is 46.5 Å². The maximum absolute atomic E-state index is 13.2. The molecule has 2 heterocycles. The van der Waals surface area contributed by atoms with Crippen molar-refractivity contribution in [2.75, 3.05) is 0 Å². The molecule has 2 bridgehead atoms. The highest BCUT2D eigenvalue weighted by Gasteiger charge is 2.49. The zero-order valence-corrected chi connectivity index (χ0v) is 16.2. The van der Waals surface area contributed by atoms with E-state index in [1.165, 1.54) is 12.1 Å². The normalized spacial score (nSPS) is 27.0. The molecule has 2 fully saturated rings. The van der Waals surface area contributed by atoms with E-state index in [-0.39, 0.29) is 35.6 Å². The maximum Gasteiger partial charge on any atom is 0.154 e. The lowest BCUT2D eigenvalue weighted by Crippen LogP contribution is -2.27. The number of aryl methyl sites for hydroxylation is 1. The van der Waals surface area contributed by atoms with Crippen LogP contribution in [0, 0.1) is 17.7 Å². The Morgan fingerprint density at radius 2 is 1.82 bits per heavy atom. The fourth-order valence-corrected chi connectivity index (χ4v) is 4.75. The van der Waals surface area contributed by atoms with E-state index in [4.69, 9.17) is 4.74 Å². The number of aliphatic hydroxyl groups is 1. The molecular weight excluding hydrogens is 355 g/mol. The number of rotatable bonds is 5. The van der Waals surface area contributed by atoms with Crippen LogP contribution in [0.4, 0.5) is 4.39 Å². The average Bonchev–Trinajstić information content (AvgIpc) is 3.30. The smallest absolute Gasteiger partial charge is 0.154 e. The maximum atomic E-state index is 13.2. The predicted molar refractivity (Wildman–Crippen MR) is 107 cm³/mol. The van der Waals surface area contributed by atoms with Gasteiger partial charge in [-0.25, -0.2) is 4.39 Å². The van der Waals surface area contributed by atoms with Crippen LogP contribution in [0.1, 0.15) is 37.8 Å². The Morgan fingerprint density at radius 1 is 1.14 bits per heavy atom. The van der Waals surface area contributed by atoms with Gasteiger partial charge in [0.25, 0.3) is 0 Å². The minimum absolute atomic E-state index is 0.00138. The zero-order chi connectivity index (χ0) is 19.8. The van der Waals surface area contributed by atoms with Crippen molar-refractivity contribution in [2.45, 2.75) is 45.3 Å². The molecule has 0 saturated carbocycles. The molecule has 0 aliphatic carbocycles. The average molecular weight is 380 g/mol. The number of aliphatic hydroxyl groups excluding tert-OH is 1. The first-order valence-corrected chi connectivity index (χ1v) is 9.96. The van der Waals surface area contributed by atoms with Crippen LogP contribution in [-0.2, 0) is 16.0 Å². The predicted octanol–water partition coefficient (Wildman–Crippen LogP) is 5.34. The lowest BCUT2D eigenvalue weighted by Gasteiger charge is -2.25. The van der Waals surface area contributed by atoms with Crippen molar-refractivity contribution < 1.29 is 19.0 Å². The third kappa shape index (κ3) is 3.16. The molecule has 4 atom stereocenters. The highest BCUT2D eigenvalue weighted by molar-refractivity contribution is 6.08. The number of benzene rings is 2. The molecule has 0 amide bonds. The van der Waals surface area contributed by atoms with Crippen molar-refractivity contribution in [3.05, 3.63) is 65.2 Å². The Kier molecular flexibility index (Phi) is 5.07. The van der Waals surface area contributed by atoms with Gasteiger partial charge in [0.05, 0.1) is 17.8 Å². The van der Waals surface area contributed by atoms with Crippen LogP contribution in [0.25, 0.3) is 16.7 Å². The Bertz CT molecular complexity index is 914. The summed E-state index contributed by atoms with van der Waals surface area (Å²) in [4.78, 5) is 12.0. The molecule has 0 spiro atoms. The second kappa shape index (κ2) is 7.51. The number of hydrogen-bond donors (Lipinski definition) is 1. The molecule has 4 heteroatoms. The second-order valence-electron chi connectivity index (χ2n) is 7.82. The molecule has 2 aromatic rings. The zero-order valence-electron chi connectivity index (χ0n) is 16.2. The molecular formula is C24H25FO3. The van der Waals surface area contributed by atoms with Crippen molar-refractivity contribution in [2.24, 2.45) is 11.8 Å². The number of aldehydes is 1. The number of allylic oxidation sites excluding steroid dienone is 1. The van der Waals surface area contributed by atoms with Gasteiger partial charge in [0.2, 0.25) is 0 Å². The lowest BCUT2D eigenvalue weighted by atomic mass is 9.77. The van der Waals surface area contributed by atoms with Gasteiger partial charge in [-0.05, 0) is 59.6 Å². The van der Waals surface area contributed by atoms with Crippen LogP contribution in [0.2, 0.25) is 0 Å². The first-order chi connectivity index (χ1) is 13.5. The SMILES string of the molecule is CCc1cc(-c2ccc(F)cc2)ccc1/C(C=O)=C(\O)[C@H]1[C@@H](C)[C@@H]2CC[C@H]1O2. The Labute approximate surface area is 164 Å². The standard InChI is InChI=1S/C24H25FO3/c1-3-15-12-17(16-4-7-18(25)8-5-16)6-9-19(15)20(13-26)24(27)23-14(2)21-10-11-22(23)28-21/h4-9,12-14,21-23,27H,3,10-11H2,1-2H3/b24-20-/t14-,21-,22+,23-/m0/s1. The summed E-state index contributed by atoms with van der Waals surface area (Å²) in [7, 11) is 0. The molecule has 146 valence electrons. The number of carbonyl (C=O) groups excluding carboxylic acids is 1. The number of fused-ring (bicyclic) bond motifs is 2. The Balaban J connectivity index is 1.74. The van der Waals surface area contributed by atoms with Gasteiger partial charge in [-0.3, -0.25) is 4.79 Å². The summed E-state index contributed by atoms with van der Waals surface area (Å²) in [6, 6.07) is 12.2. The number of hydrogen-bond acceptors (Lipinski definition) is 3. The number of halogens is 1. The van der Waals surface area contributed by atoms with E-state index in [1.54, 1.807) is 12.1 Å². The molecule has 2 saturated heterocycles. The summed E-state index contributed by atoms with van der Waals surface area (Å²) in [6.45, 7) is 4.11. The summed E-state index contributed by atoms with van der Waals surface area (Å²) in [5.74, 6) is -0.0361. The van der Waals surface area contributed by atoms with Gasteiger partial charge in [0.1, 0.15) is 11.6 Å². The summed E-state index contributed by atoms with van der Waals surface area (Å²) in [5.41, 5.74) is 3.97. The summed E-state index contributed by atoms with van der Waals surface area (Å²) >= 11 is 0. The van der Waals surface area contributed by atoms with E-state index in [9.17, 15) is 14.3 Å². The Hall–Kier alpha value is -2.46. The molecule has 0 aromatic heterocycles. The Morgan fingerprint density at radius 3 is 2.43 bits per heavy atom. The molecule has 2 aromatic carbocycles. The van der Waals surface area contributed by atoms with Gasteiger partial charge in [0.15, 0.2) is 6.29 Å². The fraction of sp³-hybridized carbons (Fsp3) is 0.375. The van der Waals surface area contributed by atoms with E-state index in [0.29, 0.717) is 5.57 Å². The van der Waals surface area contributed by atoms with Crippen molar-refractivity contribution in [3.8, 4) is 11.1 Å². The van der Waals surface area contributed by atoms with Crippen molar-refractivity contribution in [3.63, 3.8) is 0 Å². The van der Waals surface area contributed by atoms with Gasteiger partial charge in [-0.15, -0.1) is 0 Å². The number of carbonyl (C=O) groups is 1. The highest BCUT2D eigenvalue weighted by Crippen LogP contribution is 2.47. The van der Waals surface area contributed by atoms with Crippen LogP contribution in [0.5, 0.6) is 0 Å². The van der Waals surface area contributed by atoms with Gasteiger partial charge in [-0.1, -0.05) is 44.2 Å². The van der Waals surface area contributed by atoms with Gasteiger partial charge in [0, 0.05) is 5.92 Å². The molecule has 4 rings (SSSR count). The second-order valence-corrected chi connectivity index (χ2v) is 7.82. The molecule has 2 aliphatic heterocycles. The third-order valence-corrected chi connectivity index (χ3v) is 6.30. The van der Waals surface area contributed by atoms with E-state index in [2.05, 4.69) is 6.92 Å². The first kappa shape index (κ1) is 18.9. The van der Waals surface area contributed by atoms with E-state index in [0.717, 1.165) is 47.8 Å². The molecule has 0 unspecified atom stereocenters. The van der Waals surface area contributed by atoms with E-state index in [1.807, 2.05) is 25.1 Å². The molecule has 3 nitrogen and oxygen atoms in total. The minimum Gasteiger partial charge on any atom is -0.511 e. The van der Waals surface area contributed by atoms with Crippen LogP contribution in [-0.4, -0.2) is 23.6 Å². The molecule has 0 radical (unpaired) electrons. The van der Waals surface area contributed by atoms with Crippen molar-refractivity contribution in [1.82, 2.24) is 0 Å². The molecule has 1 N–H and O–H groups in total. The van der Waals surface area contributed by atoms with Crippen LogP contribution in [0.3, 0.4) is 0 Å². The van der Waals surface area contributed by atoms with Crippen LogP contribution in [0.15, 0.2) is 48.2 Å². The highest BCUT2D eigenvalue weighted by atomic mass is 19.1. The quantitative estimate of drug-likeness (QED) is 0.433. The van der Waals surface area contributed by atoms with Crippen LogP contribution >= 0.6 is 0 Å². The van der Waals surface area contributed by atoms with Gasteiger partial charge in [-0.2, -0.15) is 0 Å². The lowest BCUT2D eigenvalue weighted by molar-refractivity contribution is -0.103. The van der Waals surface area contributed by atoms with E-state index >= 15 is 0 Å². The third-order valence-electron chi connectivity index (χ3n) is 6.30. The van der Waals surface area contributed by atoms with Gasteiger partial charge >= 0.3 is 0 Å². The number of ether oxygens (including phenoxy) is 1. The van der Waals surface area contributed by atoms with Crippen molar-refractivity contribution >= 4 is 11.9 Å². The largest absolute Gasteiger partial charge is 0.511 e. The molecule has 28 heavy (non-hydrogen) atoms. The fourth-order valence-electron chi connectivity index (χ4n) is 4.75. The summed E-state index contributed by atoms with van der Waals surface area (Å²) in [6.07, 6.45) is 3.62.